The van der Waals surface area contributed by atoms with Crippen LogP contribution in [-0.4, -0.2) is 16.2 Å². The highest BCUT2D eigenvalue weighted by Gasteiger charge is 2.17. The Kier molecular flexibility index (Phi) is 6.89. The van der Waals surface area contributed by atoms with E-state index >= 15 is 0 Å². The Morgan fingerprint density at radius 2 is 1.36 bits per heavy atom. The predicted molar refractivity (Wildman–Crippen MR) is 202 cm³/mol. The number of benzene rings is 6. The minimum absolute atomic E-state index is 0.594. The van der Waals surface area contributed by atoms with Crippen molar-refractivity contribution < 1.29 is 0 Å². The molecule has 0 atom stereocenters. The lowest BCUT2D eigenvalue weighted by Crippen LogP contribution is -1.98. The number of fused-ring (bicyclic) bond motifs is 9. The Balaban J connectivity index is 1.23. The predicted octanol–water partition coefficient (Wildman–Crippen LogP) is 10.8. The number of hydrogen-bond donors (Lipinski definition) is 1. The van der Waals surface area contributed by atoms with Gasteiger partial charge in [-0.2, -0.15) is 0 Å². The third kappa shape index (κ3) is 4.66. The van der Waals surface area contributed by atoms with Gasteiger partial charge in [0, 0.05) is 56.9 Å². The largest absolute Gasteiger partial charge is 0.396 e. The zero-order valence-corrected chi connectivity index (χ0v) is 25.7. The molecule has 0 fully saturated rings. The van der Waals surface area contributed by atoms with E-state index in [-0.39, 0.29) is 0 Å². The van der Waals surface area contributed by atoms with Gasteiger partial charge in [-0.3, -0.25) is 9.98 Å². The number of nitrogens with zero attached hydrogens (tertiary/aromatic N) is 3. The van der Waals surface area contributed by atoms with E-state index in [2.05, 4.69) is 126 Å². The minimum Gasteiger partial charge on any atom is -0.396 e. The third-order valence-electron chi connectivity index (χ3n) is 8.91. The van der Waals surface area contributed by atoms with Gasteiger partial charge in [-0.1, -0.05) is 122 Å². The first-order chi connectivity index (χ1) is 23.2. The molecule has 6 aromatic carbocycles. The second kappa shape index (κ2) is 11.5. The number of allylic oxidation sites excluding steroid dienone is 2. The van der Waals surface area contributed by atoms with Crippen molar-refractivity contribution in [3.8, 4) is 11.3 Å². The summed E-state index contributed by atoms with van der Waals surface area (Å²) in [4.78, 5) is 14.4. The molecule has 2 heterocycles. The van der Waals surface area contributed by atoms with E-state index in [0.29, 0.717) is 5.69 Å². The van der Waals surface area contributed by atoms with E-state index < -0.39 is 0 Å². The topological polar surface area (TPSA) is 64.2 Å². The quantitative estimate of drug-likeness (QED) is 0.0891. The maximum absolute atomic E-state index is 6.49. The summed E-state index contributed by atoms with van der Waals surface area (Å²) in [6.07, 6.45) is 8.94. The summed E-state index contributed by atoms with van der Waals surface area (Å²) < 4.78 is 0. The molecule has 8 aromatic rings. The van der Waals surface area contributed by atoms with Gasteiger partial charge in [0.05, 0.1) is 22.4 Å². The van der Waals surface area contributed by atoms with E-state index in [1.54, 1.807) is 24.5 Å². The number of aliphatic imine (C=N–C) groups is 1. The number of anilines is 1. The molecule has 0 radical (unpaired) electrons. The first-order valence-electron chi connectivity index (χ1n) is 15.5. The van der Waals surface area contributed by atoms with Gasteiger partial charge in [0.1, 0.15) is 0 Å². The average molecular weight is 603 g/mol. The second-order valence-electron chi connectivity index (χ2n) is 11.5. The van der Waals surface area contributed by atoms with Gasteiger partial charge < -0.3 is 5.73 Å². The molecule has 0 unspecified atom stereocenters. The molecule has 2 N–H and O–H groups in total. The van der Waals surface area contributed by atoms with Crippen LogP contribution in [0.4, 0.5) is 5.69 Å². The van der Waals surface area contributed by atoms with Crippen LogP contribution >= 0.6 is 0 Å². The molecule has 0 aliphatic rings. The second-order valence-corrected chi connectivity index (χ2v) is 11.5. The molecule has 222 valence electrons. The van der Waals surface area contributed by atoms with Crippen molar-refractivity contribution in [1.82, 2.24) is 9.97 Å². The van der Waals surface area contributed by atoms with Gasteiger partial charge in [0.25, 0.3) is 0 Å². The third-order valence-corrected chi connectivity index (χ3v) is 8.91. The molecule has 0 amide bonds. The van der Waals surface area contributed by atoms with Crippen LogP contribution in [0.15, 0.2) is 152 Å². The number of nitrogen functional groups attached to an aromatic ring is 1. The van der Waals surface area contributed by atoms with Crippen molar-refractivity contribution in [3.05, 3.63) is 164 Å². The van der Waals surface area contributed by atoms with Crippen LogP contribution in [0.5, 0.6) is 0 Å². The summed E-state index contributed by atoms with van der Waals surface area (Å²) in [7, 11) is 0. The SMILES string of the molecule is C=C/C(=C\N=C\c1ccc(-c2nc3ccccc3c3c4ccccc4c4ccccc4c23)cc1)c1cc2cccnc2c(N)c1C=C. The van der Waals surface area contributed by atoms with Gasteiger partial charge in [-0.05, 0) is 50.9 Å². The Morgan fingerprint density at radius 1 is 0.702 bits per heavy atom. The molecule has 0 aliphatic carbocycles. The number of hydrogen-bond acceptors (Lipinski definition) is 4. The normalized spacial score (nSPS) is 12.1. The van der Waals surface area contributed by atoms with Gasteiger partial charge >= 0.3 is 0 Å². The first-order valence-corrected chi connectivity index (χ1v) is 15.5. The molecule has 47 heavy (non-hydrogen) atoms. The summed E-state index contributed by atoms with van der Waals surface area (Å²) in [5.41, 5.74) is 14.4. The summed E-state index contributed by atoms with van der Waals surface area (Å²) in [6.45, 7) is 8.03. The molecule has 4 heteroatoms. The van der Waals surface area contributed by atoms with Crippen molar-refractivity contribution in [2.75, 3.05) is 5.73 Å². The van der Waals surface area contributed by atoms with Crippen LogP contribution in [0, 0.1) is 0 Å². The molecular formula is C43H30N4. The van der Waals surface area contributed by atoms with Crippen LogP contribution in [0.25, 0.3) is 77.0 Å². The van der Waals surface area contributed by atoms with Crippen molar-refractivity contribution >= 4 is 77.7 Å². The zero-order valence-electron chi connectivity index (χ0n) is 25.7. The van der Waals surface area contributed by atoms with E-state index in [4.69, 9.17) is 10.7 Å². The van der Waals surface area contributed by atoms with Gasteiger partial charge in [-0.15, -0.1) is 0 Å². The number of nitrogens with two attached hydrogens (primary N) is 1. The van der Waals surface area contributed by atoms with E-state index in [0.717, 1.165) is 55.3 Å². The van der Waals surface area contributed by atoms with E-state index in [1.165, 1.54) is 32.3 Å². The molecule has 0 aliphatic heterocycles. The molecule has 8 rings (SSSR count). The highest BCUT2D eigenvalue weighted by Crippen LogP contribution is 2.42. The summed E-state index contributed by atoms with van der Waals surface area (Å²) in [6, 6.07) is 40.2. The van der Waals surface area contributed by atoms with Crippen molar-refractivity contribution in [2.45, 2.75) is 0 Å². The van der Waals surface area contributed by atoms with Crippen molar-refractivity contribution in [2.24, 2.45) is 4.99 Å². The number of para-hydroxylation sites is 1. The summed E-state index contributed by atoms with van der Waals surface area (Å²) >= 11 is 0. The van der Waals surface area contributed by atoms with Crippen molar-refractivity contribution in [1.29, 1.82) is 0 Å². The molecule has 0 saturated carbocycles. The van der Waals surface area contributed by atoms with E-state index in [1.807, 2.05) is 18.3 Å². The van der Waals surface area contributed by atoms with Crippen LogP contribution < -0.4 is 5.73 Å². The van der Waals surface area contributed by atoms with Crippen LogP contribution in [0.3, 0.4) is 0 Å². The Bertz CT molecular complexity index is 2610. The number of pyridine rings is 2. The maximum Gasteiger partial charge on any atom is 0.0937 e. The Labute approximate surface area is 272 Å². The Morgan fingerprint density at radius 3 is 2.06 bits per heavy atom. The van der Waals surface area contributed by atoms with Crippen LogP contribution in [-0.2, 0) is 0 Å². The zero-order chi connectivity index (χ0) is 31.9. The molecule has 4 nitrogen and oxygen atoms in total. The summed E-state index contributed by atoms with van der Waals surface area (Å²) in [5, 5.41) is 9.42. The fourth-order valence-electron chi connectivity index (χ4n) is 6.72. The molecule has 0 spiro atoms. The fourth-order valence-corrected chi connectivity index (χ4v) is 6.72. The van der Waals surface area contributed by atoms with Gasteiger partial charge in [0.15, 0.2) is 0 Å². The monoisotopic (exact) mass is 602 g/mol. The molecular weight excluding hydrogens is 573 g/mol. The van der Waals surface area contributed by atoms with Gasteiger partial charge in [0.2, 0.25) is 0 Å². The van der Waals surface area contributed by atoms with Gasteiger partial charge in [-0.25, -0.2) is 4.98 Å². The van der Waals surface area contributed by atoms with Crippen LogP contribution in [0.2, 0.25) is 0 Å². The lowest BCUT2D eigenvalue weighted by atomic mass is 9.90. The fraction of sp³-hybridized carbons (Fsp3) is 0. The highest BCUT2D eigenvalue weighted by atomic mass is 14.7. The number of rotatable bonds is 6. The van der Waals surface area contributed by atoms with Crippen LogP contribution in [0.1, 0.15) is 16.7 Å². The lowest BCUT2D eigenvalue weighted by molar-refractivity contribution is 1.40. The lowest BCUT2D eigenvalue weighted by Gasteiger charge is -2.16. The molecule has 2 aromatic heterocycles. The Hall–Kier alpha value is -6.39. The molecule has 0 bridgehead atoms. The summed E-state index contributed by atoms with van der Waals surface area (Å²) in [5.74, 6) is 0. The standard InChI is InChI=1S/C43H30N4/c1-3-28(37-24-30-12-11-23-46-43(30)41(44)31(37)4-2)26-45-25-27-19-21-29(22-20-27)42-40-35-16-8-6-14-33(35)32-13-5-7-15-34(32)39(40)36-17-9-10-18-38(36)47-42/h3-26H,1-2,44H2/b28-26+,45-25+. The van der Waals surface area contributed by atoms with E-state index in [9.17, 15) is 0 Å². The first kappa shape index (κ1) is 28.1. The minimum atomic E-state index is 0.594. The maximum atomic E-state index is 6.49. The van der Waals surface area contributed by atoms with Crippen molar-refractivity contribution in [3.63, 3.8) is 0 Å². The average Bonchev–Trinajstić information content (AvgIpc) is 3.13. The highest BCUT2D eigenvalue weighted by molar-refractivity contribution is 6.33. The molecule has 0 saturated heterocycles. The smallest absolute Gasteiger partial charge is 0.0937 e. The number of aromatic nitrogens is 2.